The summed E-state index contributed by atoms with van der Waals surface area (Å²) in [6.45, 7) is 2.68. The highest BCUT2D eigenvalue weighted by atomic mass is 32.2. The number of benzene rings is 1. The van der Waals surface area contributed by atoms with E-state index in [0.717, 1.165) is 43.5 Å². The molecule has 1 N–H and O–H groups in total. The number of hydrogen-bond acceptors (Lipinski definition) is 7. The van der Waals surface area contributed by atoms with Crippen LogP contribution < -0.4 is 5.32 Å². The Balaban J connectivity index is 2.52. The van der Waals surface area contributed by atoms with Gasteiger partial charge in [-0.3, -0.25) is 29.8 Å². The summed E-state index contributed by atoms with van der Waals surface area (Å²) in [5.74, 6) is -0.373. The molecule has 0 atom stereocenters. The summed E-state index contributed by atoms with van der Waals surface area (Å²) in [6, 6.07) is 2.74. The van der Waals surface area contributed by atoms with Crippen molar-refractivity contribution in [1.29, 1.82) is 0 Å². The van der Waals surface area contributed by atoms with Crippen LogP contribution in [0.3, 0.4) is 0 Å². The molecular weight excluding hydrogens is 386 g/mol. The fourth-order valence-corrected chi connectivity index (χ4v) is 2.96. The number of nitrogens with zero attached hydrogens (tertiary/aromatic N) is 2. The molecule has 0 radical (unpaired) electrons. The van der Waals surface area contributed by atoms with Crippen LogP contribution in [0.2, 0.25) is 0 Å². The standard InChI is InChI=1S/C18H23N3O6S/c1-2-3-4-5-6-7-11-19-17(22)10-12-28-18(23)15-13-14(20(24)25)8-9-16(15)21(26)27/h8-10,12-13H,2-7,11H2,1H3,(H,19,22). The summed E-state index contributed by atoms with van der Waals surface area (Å²) in [5.41, 5.74) is -1.33. The van der Waals surface area contributed by atoms with Crippen molar-refractivity contribution in [2.75, 3.05) is 6.54 Å². The molecule has 10 heteroatoms. The first kappa shape index (κ1) is 23.3. The zero-order chi connectivity index (χ0) is 20.9. The second kappa shape index (κ2) is 12.6. The van der Waals surface area contributed by atoms with E-state index in [1.165, 1.54) is 24.7 Å². The van der Waals surface area contributed by atoms with Crippen molar-refractivity contribution >= 4 is 34.2 Å². The molecule has 0 heterocycles. The minimum atomic E-state index is -0.783. The highest BCUT2D eigenvalue weighted by Crippen LogP contribution is 2.27. The molecule has 0 aliphatic carbocycles. The molecule has 0 aliphatic heterocycles. The maximum absolute atomic E-state index is 12.2. The average Bonchev–Trinajstić information content (AvgIpc) is 2.66. The number of thioether (sulfide) groups is 1. The lowest BCUT2D eigenvalue weighted by Gasteiger charge is -2.02. The number of hydrogen-bond donors (Lipinski definition) is 1. The monoisotopic (exact) mass is 409 g/mol. The maximum atomic E-state index is 12.2. The minimum absolute atomic E-state index is 0.373. The zero-order valence-corrected chi connectivity index (χ0v) is 16.4. The van der Waals surface area contributed by atoms with Crippen LogP contribution in [0.5, 0.6) is 0 Å². The molecule has 0 spiro atoms. The van der Waals surface area contributed by atoms with Crippen LogP contribution in [0.1, 0.15) is 55.8 Å². The SMILES string of the molecule is CCCCCCCCNC(=O)C=CSC(=O)c1cc([N+](=O)[O-])ccc1[N+](=O)[O-]. The van der Waals surface area contributed by atoms with E-state index in [-0.39, 0.29) is 11.5 Å². The molecule has 0 fully saturated rings. The fourth-order valence-electron chi connectivity index (χ4n) is 2.36. The number of rotatable bonds is 12. The summed E-state index contributed by atoms with van der Waals surface area (Å²) in [6.07, 6.45) is 7.77. The highest BCUT2D eigenvalue weighted by Gasteiger charge is 2.23. The number of amides is 1. The molecule has 152 valence electrons. The minimum Gasteiger partial charge on any atom is -0.353 e. The molecular formula is C18H23N3O6S. The Morgan fingerprint density at radius 1 is 1.07 bits per heavy atom. The van der Waals surface area contributed by atoms with Gasteiger partial charge >= 0.3 is 0 Å². The molecule has 0 bridgehead atoms. The predicted molar refractivity (Wildman–Crippen MR) is 107 cm³/mol. The van der Waals surface area contributed by atoms with Gasteiger partial charge in [0.25, 0.3) is 11.4 Å². The van der Waals surface area contributed by atoms with Crippen LogP contribution in [0.15, 0.2) is 29.7 Å². The lowest BCUT2D eigenvalue weighted by atomic mass is 10.1. The van der Waals surface area contributed by atoms with Crippen molar-refractivity contribution < 1.29 is 19.4 Å². The quantitative estimate of drug-likeness (QED) is 0.234. The van der Waals surface area contributed by atoms with Gasteiger partial charge in [0.1, 0.15) is 5.56 Å². The van der Waals surface area contributed by atoms with E-state index in [1.807, 2.05) is 0 Å². The predicted octanol–water partition coefficient (Wildman–Crippen LogP) is 4.37. The zero-order valence-electron chi connectivity index (χ0n) is 15.6. The van der Waals surface area contributed by atoms with Gasteiger partial charge in [-0.25, -0.2) is 0 Å². The molecule has 1 amide bonds. The van der Waals surface area contributed by atoms with Crippen molar-refractivity contribution in [2.24, 2.45) is 0 Å². The van der Waals surface area contributed by atoms with E-state index < -0.39 is 26.3 Å². The van der Waals surface area contributed by atoms with Crippen molar-refractivity contribution in [3.8, 4) is 0 Å². The van der Waals surface area contributed by atoms with E-state index in [9.17, 15) is 29.8 Å². The van der Waals surface area contributed by atoms with Gasteiger partial charge in [0.2, 0.25) is 11.0 Å². The Labute approximate surface area is 166 Å². The van der Waals surface area contributed by atoms with E-state index in [1.54, 1.807) is 0 Å². The molecule has 28 heavy (non-hydrogen) atoms. The molecule has 1 rings (SSSR count). The highest BCUT2D eigenvalue weighted by molar-refractivity contribution is 8.16. The van der Waals surface area contributed by atoms with Gasteiger partial charge in [0, 0.05) is 30.8 Å². The molecule has 0 saturated carbocycles. The van der Waals surface area contributed by atoms with Gasteiger partial charge < -0.3 is 5.32 Å². The van der Waals surface area contributed by atoms with Gasteiger partial charge in [-0.2, -0.15) is 0 Å². The summed E-state index contributed by atoms with van der Waals surface area (Å²) < 4.78 is 0. The summed E-state index contributed by atoms with van der Waals surface area (Å²) in [5, 5.41) is 25.0. The summed E-state index contributed by atoms with van der Waals surface area (Å²) in [4.78, 5) is 44.2. The Bertz CT molecular complexity index is 751. The third kappa shape index (κ3) is 8.30. The fraction of sp³-hybridized carbons (Fsp3) is 0.444. The van der Waals surface area contributed by atoms with Gasteiger partial charge in [-0.15, -0.1) is 0 Å². The number of carbonyl (C=O) groups excluding carboxylic acids is 2. The van der Waals surface area contributed by atoms with E-state index >= 15 is 0 Å². The van der Waals surface area contributed by atoms with Crippen LogP contribution in [0.25, 0.3) is 0 Å². The van der Waals surface area contributed by atoms with Crippen molar-refractivity contribution in [2.45, 2.75) is 45.4 Å². The normalized spacial score (nSPS) is 10.8. The van der Waals surface area contributed by atoms with Crippen LogP contribution in [0, 0.1) is 20.2 Å². The second-order valence-electron chi connectivity index (χ2n) is 5.98. The lowest BCUT2D eigenvalue weighted by molar-refractivity contribution is -0.389. The van der Waals surface area contributed by atoms with Crippen LogP contribution in [-0.4, -0.2) is 27.4 Å². The van der Waals surface area contributed by atoms with Gasteiger partial charge in [-0.05, 0) is 11.8 Å². The maximum Gasteiger partial charge on any atom is 0.281 e. The summed E-state index contributed by atoms with van der Waals surface area (Å²) >= 11 is 0.555. The van der Waals surface area contributed by atoms with Crippen molar-refractivity contribution in [3.63, 3.8) is 0 Å². The van der Waals surface area contributed by atoms with E-state index in [4.69, 9.17) is 0 Å². The van der Waals surface area contributed by atoms with E-state index in [2.05, 4.69) is 12.2 Å². The van der Waals surface area contributed by atoms with Gasteiger partial charge in [0.15, 0.2) is 0 Å². The van der Waals surface area contributed by atoms with Crippen LogP contribution in [0.4, 0.5) is 11.4 Å². The summed E-state index contributed by atoms with van der Waals surface area (Å²) in [7, 11) is 0. The molecule has 9 nitrogen and oxygen atoms in total. The topological polar surface area (TPSA) is 132 Å². The molecule has 0 saturated heterocycles. The second-order valence-corrected chi connectivity index (χ2v) is 6.86. The largest absolute Gasteiger partial charge is 0.353 e. The molecule has 1 aromatic carbocycles. The van der Waals surface area contributed by atoms with Crippen molar-refractivity contribution in [1.82, 2.24) is 5.32 Å². The Morgan fingerprint density at radius 3 is 2.39 bits per heavy atom. The van der Waals surface area contributed by atoms with Crippen LogP contribution >= 0.6 is 11.8 Å². The van der Waals surface area contributed by atoms with Gasteiger partial charge in [0.05, 0.1) is 9.85 Å². The average molecular weight is 409 g/mol. The van der Waals surface area contributed by atoms with Crippen LogP contribution in [-0.2, 0) is 4.79 Å². The van der Waals surface area contributed by atoms with Crippen molar-refractivity contribution in [3.05, 3.63) is 55.5 Å². The first-order valence-corrected chi connectivity index (χ1v) is 9.83. The Kier molecular flexibility index (Phi) is 10.5. The van der Waals surface area contributed by atoms with E-state index in [0.29, 0.717) is 18.3 Å². The first-order chi connectivity index (χ1) is 13.4. The lowest BCUT2D eigenvalue weighted by Crippen LogP contribution is -2.21. The molecule has 1 aromatic rings. The molecule has 0 aromatic heterocycles. The smallest absolute Gasteiger partial charge is 0.281 e. The number of nitro benzene ring substituents is 2. The Morgan fingerprint density at radius 2 is 1.75 bits per heavy atom. The number of carbonyl (C=O) groups is 2. The number of nitrogens with one attached hydrogen (secondary N) is 1. The van der Waals surface area contributed by atoms with Gasteiger partial charge in [-0.1, -0.05) is 50.8 Å². The number of non-ortho nitro benzene ring substituents is 1. The molecule has 0 unspecified atom stereocenters. The number of unbranched alkanes of at least 4 members (excludes halogenated alkanes) is 5. The molecule has 0 aliphatic rings. The number of nitro groups is 2. The third-order valence-electron chi connectivity index (χ3n) is 3.83. The third-order valence-corrected chi connectivity index (χ3v) is 4.54. The first-order valence-electron chi connectivity index (χ1n) is 8.95. The Hall–Kier alpha value is -2.75.